The van der Waals surface area contributed by atoms with Gasteiger partial charge in [-0.2, -0.15) is 0 Å². The molecule has 0 aliphatic rings. The molecule has 3 N–H and O–H groups in total. The number of aliphatic hydroxyl groups is 3. The molecule has 0 fully saturated rings. The van der Waals surface area contributed by atoms with Crippen LogP contribution >= 0.6 is 11.6 Å². The number of hydrogen-bond donors (Lipinski definition) is 3. The quantitative estimate of drug-likeness (QED) is 0.594. The van der Waals surface area contributed by atoms with Crippen LogP contribution in [0.1, 0.15) is 0 Å². The topological polar surface area (TPSA) is 114 Å². The summed E-state index contributed by atoms with van der Waals surface area (Å²) in [5.74, 6) is 0. The van der Waals surface area contributed by atoms with Crippen LogP contribution in [0.15, 0.2) is 12.7 Å². The predicted molar refractivity (Wildman–Crippen MR) is 65.4 cm³/mol. The average Bonchev–Trinajstić information content (AvgIpc) is 2.84. The molecule has 0 saturated carbocycles. The lowest BCUT2D eigenvalue weighted by Crippen LogP contribution is -2.35. The summed E-state index contributed by atoms with van der Waals surface area (Å²) in [4.78, 5) is 11.9. The molecule has 2 atom stereocenters. The summed E-state index contributed by atoms with van der Waals surface area (Å²) in [7, 11) is 0. The number of halogens is 1. The van der Waals surface area contributed by atoms with E-state index in [0.29, 0.717) is 11.2 Å². The molecule has 2 aromatic heterocycles. The van der Waals surface area contributed by atoms with Crippen molar-refractivity contribution in [3.63, 3.8) is 0 Å². The Morgan fingerprint density at radius 3 is 2.74 bits per heavy atom. The molecule has 0 aromatic carbocycles. The molecule has 2 rings (SSSR count). The van der Waals surface area contributed by atoms with Crippen molar-refractivity contribution in [1.82, 2.24) is 19.5 Å². The fourth-order valence-electron chi connectivity index (χ4n) is 1.53. The summed E-state index contributed by atoms with van der Waals surface area (Å²) in [6.07, 6.45) is 0.720. The van der Waals surface area contributed by atoms with Gasteiger partial charge < -0.3 is 20.1 Å². The van der Waals surface area contributed by atoms with E-state index >= 15 is 0 Å². The van der Waals surface area contributed by atoms with Crippen LogP contribution in [0, 0.1) is 0 Å². The van der Waals surface area contributed by atoms with Crippen molar-refractivity contribution in [3.8, 4) is 0 Å². The first kappa shape index (κ1) is 14.1. The Kier molecular flexibility index (Phi) is 4.61. The van der Waals surface area contributed by atoms with Gasteiger partial charge in [-0.15, -0.1) is 0 Å². The van der Waals surface area contributed by atoms with E-state index in [1.54, 1.807) is 4.57 Å². The van der Waals surface area contributed by atoms with E-state index in [2.05, 4.69) is 15.0 Å². The summed E-state index contributed by atoms with van der Waals surface area (Å²) in [6.45, 7) is -0.903. The maximum absolute atomic E-state index is 9.40. The third-order valence-electron chi connectivity index (χ3n) is 2.58. The summed E-state index contributed by atoms with van der Waals surface area (Å²) in [5.41, 5.74) is 0.922. The Balaban J connectivity index is 2.11. The van der Waals surface area contributed by atoms with Crippen molar-refractivity contribution in [2.45, 2.75) is 18.9 Å². The SMILES string of the molecule is OCC(O)[C@@H](CO)OCn1cnc2c(Cl)ncnc21. The summed E-state index contributed by atoms with van der Waals surface area (Å²) in [6, 6.07) is 0. The zero-order valence-electron chi connectivity index (χ0n) is 9.85. The Labute approximate surface area is 113 Å². The van der Waals surface area contributed by atoms with Crippen molar-refractivity contribution >= 4 is 22.8 Å². The van der Waals surface area contributed by atoms with Gasteiger partial charge in [-0.05, 0) is 0 Å². The third-order valence-corrected chi connectivity index (χ3v) is 2.86. The minimum atomic E-state index is -1.15. The number of hydrogen-bond acceptors (Lipinski definition) is 7. The van der Waals surface area contributed by atoms with E-state index in [-0.39, 0.29) is 11.9 Å². The second-order valence-electron chi connectivity index (χ2n) is 3.82. The van der Waals surface area contributed by atoms with Crippen LogP contribution in [-0.2, 0) is 11.5 Å². The van der Waals surface area contributed by atoms with Gasteiger partial charge in [-0.1, -0.05) is 11.6 Å². The van der Waals surface area contributed by atoms with Crippen LogP contribution in [0.3, 0.4) is 0 Å². The number of aliphatic hydroxyl groups excluding tert-OH is 3. The predicted octanol–water partition coefficient (Wildman–Crippen LogP) is -0.832. The summed E-state index contributed by atoms with van der Waals surface area (Å²) >= 11 is 5.85. The number of aromatic nitrogens is 4. The minimum absolute atomic E-state index is 0.00608. The standard InChI is InChI=1S/C10H13ClN4O4/c11-9-8-10(13-3-12-9)15(4-14-8)5-19-7(2-17)6(18)1-16/h3-4,6-7,16-18H,1-2,5H2/t6?,7-/m1/s1. The van der Waals surface area contributed by atoms with E-state index in [0.717, 1.165) is 0 Å². The van der Waals surface area contributed by atoms with Gasteiger partial charge in [0.25, 0.3) is 0 Å². The molecule has 1 unspecified atom stereocenters. The average molecular weight is 289 g/mol. The number of nitrogens with zero attached hydrogens (tertiary/aromatic N) is 4. The molecule has 0 aliphatic heterocycles. The lowest BCUT2D eigenvalue weighted by atomic mass is 10.2. The highest BCUT2D eigenvalue weighted by atomic mass is 35.5. The van der Waals surface area contributed by atoms with E-state index in [4.69, 9.17) is 26.6 Å². The Hall–Kier alpha value is -1.32. The second-order valence-corrected chi connectivity index (χ2v) is 4.18. The van der Waals surface area contributed by atoms with Crippen molar-refractivity contribution < 1.29 is 20.1 Å². The van der Waals surface area contributed by atoms with Gasteiger partial charge in [0.1, 0.15) is 30.8 Å². The van der Waals surface area contributed by atoms with Crippen LogP contribution in [0.5, 0.6) is 0 Å². The lowest BCUT2D eigenvalue weighted by Gasteiger charge is -2.19. The third kappa shape index (κ3) is 2.99. The highest BCUT2D eigenvalue weighted by molar-refractivity contribution is 6.33. The lowest BCUT2D eigenvalue weighted by molar-refractivity contribution is -0.0997. The first-order valence-electron chi connectivity index (χ1n) is 5.50. The largest absolute Gasteiger partial charge is 0.394 e. The molecule has 9 heteroatoms. The Morgan fingerprint density at radius 2 is 2.05 bits per heavy atom. The second kappa shape index (κ2) is 6.22. The van der Waals surface area contributed by atoms with Gasteiger partial charge in [0.05, 0.1) is 19.5 Å². The van der Waals surface area contributed by atoms with Crippen molar-refractivity contribution in [3.05, 3.63) is 17.8 Å². The highest BCUT2D eigenvalue weighted by Crippen LogP contribution is 2.17. The number of fused-ring (bicyclic) bond motifs is 1. The first-order valence-corrected chi connectivity index (χ1v) is 5.88. The molecule has 104 valence electrons. The molecular weight excluding hydrogens is 276 g/mol. The zero-order valence-corrected chi connectivity index (χ0v) is 10.6. The minimum Gasteiger partial charge on any atom is -0.394 e. The van der Waals surface area contributed by atoms with Crippen LogP contribution in [-0.4, -0.2) is 60.3 Å². The molecule has 8 nitrogen and oxygen atoms in total. The van der Waals surface area contributed by atoms with Gasteiger partial charge in [0, 0.05) is 0 Å². The van der Waals surface area contributed by atoms with Gasteiger partial charge in [0.15, 0.2) is 10.8 Å². The van der Waals surface area contributed by atoms with E-state index < -0.39 is 25.4 Å². The summed E-state index contributed by atoms with van der Waals surface area (Å²) < 4.78 is 6.85. The van der Waals surface area contributed by atoms with Crippen molar-refractivity contribution in [2.24, 2.45) is 0 Å². The van der Waals surface area contributed by atoms with E-state index in [1.807, 2.05) is 0 Å². The van der Waals surface area contributed by atoms with Crippen LogP contribution in [0.2, 0.25) is 5.15 Å². The van der Waals surface area contributed by atoms with Gasteiger partial charge in [-0.3, -0.25) is 4.57 Å². The first-order chi connectivity index (χ1) is 9.17. The smallest absolute Gasteiger partial charge is 0.166 e. The molecule has 0 saturated heterocycles. The van der Waals surface area contributed by atoms with Gasteiger partial charge >= 0.3 is 0 Å². The monoisotopic (exact) mass is 288 g/mol. The van der Waals surface area contributed by atoms with Gasteiger partial charge in [-0.25, -0.2) is 15.0 Å². The van der Waals surface area contributed by atoms with Crippen LogP contribution in [0.4, 0.5) is 0 Å². The Morgan fingerprint density at radius 1 is 1.26 bits per heavy atom. The molecule has 0 bridgehead atoms. The van der Waals surface area contributed by atoms with Gasteiger partial charge in [0.2, 0.25) is 0 Å². The highest BCUT2D eigenvalue weighted by Gasteiger charge is 2.19. The zero-order chi connectivity index (χ0) is 13.8. The van der Waals surface area contributed by atoms with E-state index in [9.17, 15) is 5.11 Å². The molecule has 19 heavy (non-hydrogen) atoms. The summed E-state index contributed by atoms with van der Waals surface area (Å²) in [5, 5.41) is 27.5. The normalized spacial score (nSPS) is 14.7. The molecule has 2 heterocycles. The van der Waals surface area contributed by atoms with Crippen molar-refractivity contribution in [1.29, 1.82) is 0 Å². The molecule has 0 spiro atoms. The molecule has 2 aromatic rings. The fraction of sp³-hybridized carbons (Fsp3) is 0.500. The fourth-order valence-corrected chi connectivity index (χ4v) is 1.70. The number of rotatable bonds is 6. The molecule has 0 radical (unpaired) electrons. The van der Waals surface area contributed by atoms with Crippen LogP contribution < -0.4 is 0 Å². The number of ether oxygens (including phenoxy) is 1. The molecular formula is C10H13ClN4O4. The van der Waals surface area contributed by atoms with Crippen LogP contribution in [0.25, 0.3) is 11.2 Å². The Bertz CT molecular complexity index is 549. The van der Waals surface area contributed by atoms with Crippen molar-refractivity contribution in [2.75, 3.05) is 13.2 Å². The maximum atomic E-state index is 9.40. The maximum Gasteiger partial charge on any atom is 0.166 e. The molecule has 0 aliphatic carbocycles. The number of imidazole rings is 1. The molecule has 0 amide bonds. The van der Waals surface area contributed by atoms with E-state index in [1.165, 1.54) is 12.7 Å².